The Kier molecular flexibility index (Phi) is 6.23. The van der Waals surface area contributed by atoms with Crippen molar-refractivity contribution in [1.29, 1.82) is 0 Å². The second-order valence-corrected chi connectivity index (χ2v) is 5.04. The van der Waals surface area contributed by atoms with Gasteiger partial charge >= 0.3 is 19.1 Å². The predicted molar refractivity (Wildman–Crippen MR) is 73.0 cm³/mol. The molecule has 1 rings (SSSR count). The van der Waals surface area contributed by atoms with Crippen LogP contribution in [0.15, 0.2) is 12.7 Å². The maximum absolute atomic E-state index is 11.9. The minimum atomic E-state index is -1.10. The Hall–Kier alpha value is -1.34. The molecule has 112 valence electrons. The Bertz CT molecular complexity index is 338. The normalized spacial score (nSPS) is 22.2. The molecule has 0 radical (unpaired) electrons. The van der Waals surface area contributed by atoms with E-state index in [9.17, 15) is 9.59 Å². The van der Waals surface area contributed by atoms with Crippen LogP contribution in [-0.2, 0) is 28.4 Å². The second kappa shape index (κ2) is 7.45. The molecule has 20 heavy (non-hydrogen) atoms. The van der Waals surface area contributed by atoms with E-state index in [1.54, 1.807) is 33.8 Å². The Morgan fingerprint density at radius 2 is 1.50 bits per heavy atom. The number of carbonyl (C=O) groups is 2. The second-order valence-electron chi connectivity index (χ2n) is 5.04. The first-order valence-electron chi connectivity index (χ1n) is 6.68. The summed E-state index contributed by atoms with van der Waals surface area (Å²) in [6, 6.07) is 0. The molecule has 1 heterocycles. The Balaban J connectivity index is 2.77. The third kappa shape index (κ3) is 4.65. The Morgan fingerprint density at radius 1 is 1.10 bits per heavy atom. The molecule has 0 bridgehead atoms. The van der Waals surface area contributed by atoms with E-state index >= 15 is 0 Å². The van der Waals surface area contributed by atoms with Crippen molar-refractivity contribution < 1.29 is 28.4 Å². The van der Waals surface area contributed by atoms with Crippen molar-refractivity contribution in [2.24, 2.45) is 0 Å². The fraction of sp³-hybridized carbons (Fsp3) is 0.692. The molecule has 1 aliphatic heterocycles. The summed E-state index contributed by atoms with van der Waals surface area (Å²) in [5.41, 5.74) is 0. The van der Waals surface area contributed by atoms with Crippen LogP contribution in [0.25, 0.3) is 0 Å². The lowest BCUT2D eigenvalue weighted by atomic mass is 9.85. The molecule has 1 aliphatic rings. The molecular formula is C13H21BO6. The lowest BCUT2D eigenvalue weighted by Gasteiger charge is -2.18. The molecule has 6 nitrogen and oxygen atoms in total. The summed E-state index contributed by atoms with van der Waals surface area (Å²) in [6.07, 6.45) is -0.845. The fourth-order valence-corrected chi connectivity index (χ4v) is 1.71. The van der Waals surface area contributed by atoms with Gasteiger partial charge in [0.15, 0.2) is 12.2 Å². The van der Waals surface area contributed by atoms with E-state index in [0.717, 1.165) is 0 Å². The molecule has 0 amide bonds. The molecule has 0 spiro atoms. The molecule has 0 aliphatic carbocycles. The Morgan fingerprint density at radius 3 is 1.80 bits per heavy atom. The fourth-order valence-electron chi connectivity index (χ4n) is 1.71. The third-order valence-corrected chi connectivity index (χ3v) is 2.40. The van der Waals surface area contributed by atoms with Crippen molar-refractivity contribution in [3.63, 3.8) is 0 Å². The molecule has 2 unspecified atom stereocenters. The summed E-state index contributed by atoms with van der Waals surface area (Å²) in [4.78, 5) is 23.9. The molecule has 1 fully saturated rings. The number of hydrogen-bond donors (Lipinski definition) is 0. The number of rotatable bonds is 6. The maximum Gasteiger partial charge on any atom is 0.462 e. The van der Waals surface area contributed by atoms with Crippen LogP contribution in [0.1, 0.15) is 27.7 Å². The highest BCUT2D eigenvalue weighted by atomic mass is 16.7. The van der Waals surface area contributed by atoms with Gasteiger partial charge in [0, 0.05) is 6.32 Å². The van der Waals surface area contributed by atoms with Crippen LogP contribution in [0.4, 0.5) is 0 Å². The molecule has 0 aromatic heterocycles. The van der Waals surface area contributed by atoms with E-state index in [2.05, 4.69) is 6.58 Å². The van der Waals surface area contributed by atoms with Gasteiger partial charge in [-0.05, 0) is 27.7 Å². The van der Waals surface area contributed by atoms with Crippen LogP contribution in [-0.4, -0.2) is 43.5 Å². The van der Waals surface area contributed by atoms with Crippen molar-refractivity contribution >= 4 is 19.1 Å². The van der Waals surface area contributed by atoms with Gasteiger partial charge in [0.05, 0.1) is 12.2 Å². The average Bonchev–Trinajstić information content (AvgIpc) is 2.72. The lowest BCUT2D eigenvalue weighted by Crippen LogP contribution is -2.40. The highest BCUT2D eigenvalue weighted by molar-refractivity contribution is 6.46. The smallest absolute Gasteiger partial charge is 0.461 e. The summed E-state index contributed by atoms with van der Waals surface area (Å²) in [7, 11) is -0.693. The van der Waals surface area contributed by atoms with Gasteiger partial charge in [-0.2, -0.15) is 0 Å². The van der Waals surface area contributed by atoms with Crippen molar-refractivity contribution in [2.45, 2.75) is 58.4 Å². The molecule has 0 aromatic rings. The van der Waals surface area contributed by atoms with Crippen LogP contribution >= 0.6 is 0 Å². The van der Waals surface area contributed by atoms with Crippen LogP contribution in [0, 0.1) is 0 Å². The summed E-state index contributed by atoms with van der Waals surface area (Å²) in [5.74, 6) is -1.26. The molecule has 1 saturated heterocycles. The molecular weight excluding hydrogens is 263 g/mol. The van der Waals surface area contributed by atoms with Gasteiger partial charge in [-0.1, -0.05) is 6.08 Å². The van der Waals surface area contributed by atoms with Crippen LogP contribution in [0.2, 0.25) is 6.32 Å². The first-order chi connectivity index (χ1) is 9.35. The van der Waals surface area contributed by atoms with Crippen molar-refractivity contribution in [3.8, 4) is 0 Å². The van der Waals surface area contributed by atoms with Gasteiger partial charge < -0.3 is 18.8 Å². The minimum absolute atomic E-state index is 0.300. The van der Waals surface area contributed by atoms with E-state index in [1.807, 2.05) is 0 Å². The summed E-state index contributed by atoms with van der Waals surface area (Å²) in [6.45, 7) is 10.4. The van der Waals surface area contributed by atoms with Crippen LogP contribution < -0.4 is 0 Å². The van der Waals surface area contributed by atoms with Crippen LogP contribution in [0.3, 0.4) is 0 Å². The highest BCUT2D eigenvalue weighted by Crippen LogP contribution is 2.22. The molecule has 0 aromatic carbocycles. The van der Waals surface area contributed by atoms with Crippen molar-refractivity contribution in [3.05, 3.63) is 12.7 Å². The van der Waals surface area contributed by atoms with Gasteiger partial charge in [0.1, 0.15) is 0 Å². The molecule has 0 N–H and O–H groups in total. The average molecular weight is 284 g/mol. The standard InChI is InChI=1S/C13H21BO6/c1-6-7-14-19-10(12(15)17-8(2)3)11(20-14)13(16)18-9(4)5/h6,8-11H,1,7H2,2-5H3. The summed E-state index contributed by atoms with van der Waals surface area (Å²) >= 11 is 0. The van der Waals surface area contributed by atoms with Gasteiger partial charge in [-0.3, -0.25) is 0 Å². The van der Waals surface area contributed by atoms with Gasteiger partial charge in [-0.25, -0.2) is 9.59 Å². The SMILES string of the molecule is C=CCB1OC(C(=O)OC(C)C)C(C(=O)OC(C)C)O1. The topological polar surface area (TPSA) is 71.1 Å². The monoisotopic (exact) mass is 284 g/mol. The molecule has 7 heteroatoms. The maximum atomic E-state index is 11.9. The molecule has 0 saturated carbocycles. The number of carbonyl (C=O) groups excluding carboxylic acids is 2. The Labute approximate surface area is 119 Å². The zero-order chi connectivity index (χ0) is 15.3. The largest absolute Gasteiger partial charge is 0.462 e. The van der Waals surface area contributed by atoms with E-state index in [0.29, 0.717) is 6.32 Å². The van der Waals surface area contributed by atoms with Crippen molar-refractivity contribution in [2.75, 3.05) is 0 Å². The number of esters is 2. The number of ether oxygens (including phenoxy) is 2. The first-order valence-corrected chi connectivity index (χ1v) is 6.68. The number of allylic oxidation sites excluding steroid dienone is 1. The first kappa shape index (κ1) is 16.7. The summed E-state index contributed by atoms with van der Waals surface area (Å²) in [5, 5.41) is 0. The van der Waals surface area contributed by atoms with Gasteiger partial charge in [0.2, 0.25) is 0 Å². The number of hydrogen-bond acceptors (Lipinski definition) is 6. The van der Waals surface area contributed by atoms with Crippen molar-refractivity contribution in [1.82, 2.24) is 0 Å². The zero-order valence-electron chi connectivity index (χ0n) is 12.3. The van der Waals surface area contributed by atoms with E-state index in [1.165, 1.54) is 0 Å². The van der Waals surface area contributed by atoms with E-state index in [-0.39, 0.29) is 12.2 Å². The zero-order valence-corrected chi connectivity index (χ0v) is 12.3. The van der Waals surface area contributed by atoms with E-state index in [4.69, 9.17) is 18.8 Å². The predicted octanol–water partition coefficient (Wildman–Crippen LogP) is 1.35. The van der Waals surface area contributed by atoms with Crippen LogP contribution in [0.5, 0.6) is 0 Å². The highest BCUT2D eigenvalue weighted by Gasteiger charge is 2.48. The lowest BCUT2D eigenvalue weighted by molar-refractivity contribution is -0.167. The molecule has 2 atom stereocenters. The van der Waals surface area contributed by atoms with E-state index < -0.39 is 31.3 Å². The third-order valence-electron chi connectivity index (χ3n) is 2.40. The minimum Gasteiger partial charge on any atom is -0.461 e. The van der Waals surface area contributed by atoms with Gasteiger partial charge in [0.25, 0.3) is 0 Å². The summed E-state index contributed by atoms with van der Waals surface area (Å²) < 4.78 is 21.0. The quantitative estimate of drug-likeness (QED) is 0.416. The van der Waals surface area contributed by atoms with Gasteiger partial charge in [-0.15, -0.1) is 6.58 Å².